The molecule has 0 spiro atoms. The van der Waals surface area contributed by atoms with E-state index in [0.717, 1.165) is 0 Å². The van der Waals surface area contributed by atoms with E-state index in [2.05, 4.69) is 10.6 Å². The summed E-state index contributed by atoms with van der Waals surface area (Å²) in [6, 6.07) is 3.32. The standard InChI is InChI=1S/C14H20ClFN2OS.CH5N/c1-18(2)11(12(7-17)20-3)6-9-4-5-10(8-19)14(16)13(9)15;1-2/h4-5,8,11-12H,6-7,17H2,1-3H3;2H2,1H3. The van der Waals surface area contributed by atoms with Crippen LogP contribution in [0.4, 0.5) is 4.39 Å². The Morgan fingerprint density at radius 1 is 1.41 bits per heavy atom. The second-order valence-electron chi connectivity index (χ2n) is 4.80. The molecule has 0 aromatic heterocycles. The fourth-order valence-electron chi connectivity index (χ4n) is 2.14. The number of aldehydes is 1. The van der Waals surface area contributed by atoms with E-state index in [9.17, 15) is 9.18 Å². The fraction of sp³-hybridized carbons (Fsp3) is 0.533. The number of carbonyl (C=O) groups excluding carboxylic acids is 1. The van der Waals surface area contributed by atoms with Crippen LogP contribution in [0.2, 0.25) is 5.02 Å². The first-order chi connectivity index (χ1) is 10.5. The lowest BCUT2D eigenvalue weighted by molar-refractivity contribution is 0.112. The molecular formula is C15H25ClFN3OS. The molecule has 0 amide bonds. The fourth-order valence-corrected chi connectivity index (χ4v) is 3.23. The lowest BCUT2D eigenvalue weighted by Crippen LogP contribution is -2.42. The highest BCUT2D eigenvalue weighted by molar-refractivity contribution is 7.99. The van der Waals surface area contributed by atoms with Gasteiger partial charge in [0.1, 0.15) is 0 Å². The van der Waals surface area contributed by atoms with E-state index in [-0.39, 0.29) is 21.9 Å². The van der Waals surface area contributed by atoms with E-state index in [1.807, 2.05) is 20.4 Å². The van der Waals surface area contributed by atoms with E-state index in [4.69, 9.17) is 17.3 Å². The van der Waals surface area contributed by atoms with Crippen LogP contribution in [0.25, 0.3) is 0 Å². The predicted molar refractivity (Wildman–Crippen MR) is 94.4 cm³/mol. The summed E-state index contributed by atoms with van der Waals surface area (Å²) in [7, 11) is 5.43. The largest absolute Gasteiger partial charge is 0.333 e. The molecule has 0 radical (unpaired) electrons. The first-order valence-electron chi connectivity index (χ1n) is 6.85. The molecule has 0 heterocycles. The molecule has 0 aliphatic heterocycles. The Morgan fingerprint density at radius 2 is 2.00 bits per heavy atom. The van der Waals surface area contributed by atoms with Crippen LogP contribution in [0.1, 0.15) is 15.9 Å². The quantitative estimate of drug-likeness (QED) is 0.737. The highest BCUT2D eigenvalue weighted by Gasteiger charge is 2.24. The second-order valence-corrected chi connectivity index (χ2v) is 6.26. The second kappa shape index (κ2) is 11.0. The molecule has 0 saturated heterocycles. The molecule has 1 aromatic rings. The van der Waals surface area contributed by atoms with E-state index in [1.54, 1.807) is 17.8 Å². The Labute approximate surface area is 141 Å². The minimum absolute atomic E-state index is 0.0135. The molecule has 0 aliphatic carbocycles. The van der Waals surface area contributed by atoms with Crippen molar-refractivity contribution in [2.45, 2.75) is 17.7 Å². The normalized spacial score (nSPS) is 13.3. The van der Waals surface area contributed by atoms with Gasteiger partial charge in [0.2, 0.25) is 0 Å². The number of nitrogens with two attached hydrogens (primary N) is 2. The Morgan fingerprint density at radius 3 is 2.41 bits per heavy atom. The van der Waals surface area contributed by atoms with Crippen molar-refractivity contribution in [1.29, 1.82) is 0 Å². The number of rotatable bonds is 7. The van der Waals surface area contributed by atoms with Crippen LogP contribution >= 0.6 is 23.4 Å². The summed E-state index contributed by atoms with van der Waals surface area (Å²) in [5.41, 5.74) is 11.0. The average molecular weight is 350 g/mol. The van der Waals surface area contributed by atoms with Gasteiger partial charge in [0.25, 0.3) is 0 Å². The van der Waals surface area contributed by atoms with E-state index < -0.39 is 5.82 Å². The number of benzene rings is 1. The molecule has 0 bridgehead atoms. The molecule has 4 N–H and O–H groups in total. The summed E-state index contributed by atoms with van der Waals surface area (Å²) in [4.78, 5) is 12.8. The van der Waals surface area contributed by atoms with Crippen LogP contribution in [0.3, 0.4) is 0 Å². The van der Waals surface area contributed by atoms with Gasteiger partial charge in [-0.3, -0.25) is 4.79 Å². The van der Waals surface area contributed by atoms with Crippen molar-refractivity contribution < 1.29 is 9.18 Å². The Bertz CT molecular complexity index is 470. The van der Waals surface area contributed by atoms with Gasteiger partial charge in [0.15, 0.2) is 12.1 Å². The number of carbonyl (C=O) groups is 1. The summed E-state index contributed by atoms with van der Waals surface area (Å²) >= 11 is 7.71. The van der Waals surface area contributed by atoms with Crippen molar-refractivity contribution >= 4 is 29.6 Å². The zero-order valence-corrected chi connectivity index (χ0v) is 15.0. The predicted octanol–water partition coefficient (Wildman–Crippen LogP) is 2.03. The maximum absolute atomic E-state index is 13.9. The number of nitrogens with zero attached hydrogens (tertiary/aromatic N) is 1. The summed E-state index contributed by atoms with van der Waals surface area (Å²) < 4.78 is 13.9. The zero-order chi connectivity index (χ0) is 17.3. The van der Waals surface area contributed by atoms with Crippen LogP contribution in [-0.4, -0.2) is 56.4 Å². The highest BCUT2D eigenvalue weighted by atomic mass is 35.5. The summed E-state index contributed by atoms with van der Waals surface area (Å²) in [5, 5.41) is 0.258. The van der Waals surface area contributed by atoms with Crippen molar-refractivity contribution in [3.63, 3.8) is 0 Å². The van der Waals surface area contributed by atoms with Crippen LogP contribution in [0, 0.1) is 5.82 Å². The molecule has 0 aliphatic rings. The monoisotopic (exact) mass is 349 g/mol. The van der Waals surface area contributed by atoms with Gasteiger partial charge in [-0.1, -0.05) is 17.7 Å². The molecule has 2 unspecified atom stereocenters. The molecule has 0 fully saturated rings. The van der Waals surface area contributed by atoms with Crippen molar-refractivity contribution in [1.82, 2.24) is 4.90 Å². The SMILES string of the molecule is CN.CSC(CN)C(Cc1ccc(C=O)c(F)c1Cl)N(C)C. The molecular weight excluding hydrogens is 325 g/mol. The third kappa shape index (κ3) is 5.52. The van der Waals surface area contributed by atoms with Gasteiger partial charge < -0.3 is 16.4 Å². The molecule has 4 nitrogen and oxygen atoms in total. The van der Waals surface area contributed by atoms with Crippen molar-refractivity contribution in [2.75, 3.05) is 33.9 Å². The number of hydrogen-bond donors (Lipinski definition) is 2. The molecule has 0 saturated carbocycles. The molecule has 126 valence electrons. The average Bonchev–Trinajstić information content (AvgIpc) is 2.53. The van der Waals surface area contributed by atoms with Crippen molar-refractivity contribution in [2.24, 2.45) is 11.5 Å². The van der Waals surface area contributed by atoms with E-state index in [0.29, 0.717) is 24.8 Å². The number of hydrogen-bond acceptors (Lipinski definition) is 5. The van der Waals surface area contributed by atoms with Gasteiger partial charge in [0.05, 0.1) is 10.6 Å². The third-order valence-corrected chi connectivity index (χ3v) is 4.90. The first-order valence-corrected chi connectivity index (χ1v) is 8.51. The maximum atomic E-state index is 13.9. The Hall–Kier alpha value is -0.660. The molecule has 1 rings (SSSR count). The van der Waals surface area contributed by atoms with Crippen molar-refractivity contribution in [3.05, 3.63) is 34.1 Å². The van der Waals surface area contributed by atoms with E-state index >= 15 is 0 Å². The number of thioether (sulfide) groups is 1. The number of likely N-dealkylation sites (N-methyl/N-ethyl adjacent to an activating group) is 1. The first kappa shape index (κ1) is 21.3. The van der Waals surface area contributed by atoms with Gasteiger partial charge in [-0.15, -0.1) is 0 Å². The van der Waals surface area contributed by atoms with Crippen LogP contribution in [-0.2, 0) is 6.42 Å². The molecule has 7 heteroatoms. The Kier molecular flexibility index (Phi) is 10.6. The minimum atomic E-state index is -0.648. The van der Waals surface area contributed by atoms with Crippen LogP contribution < -0.4 is 11.5 Å². The van der Waals surface area contributed by atoms with Crippen LogP contribution in [0.5, 0.6) is 0 Å². The molecule has 2 atom stereocenters. The van der Waals surface area contributed by atoms with Gasteiger partial charge in [-0.05, 0) is 45.4 Å². The minimum Gasteiger partial charge on any atom is -0.333 e. The molecule has 22 heavy (non-hydrogen) atoms. The summed E-state index contributed by atoms with van der Waals surface area (Å²) in [5.74, 6) is -0.648. The van der Waals surface area contributed by atoms with Crippen molar-refractivity contribution in [3.8, 4) is 0 Å². The summed E-state index contributed by atoms with van der Waals surface area (Å²) in [6.07, 6.45) is 3.06. The number of halogens is 2. The topological polar surface area (TPSA) is 72.3 Å². The summed E-state index contributed by atoms with van der Waals surface area (Å²) in [6.45, 7) is 0.538. The van der Waals surface area contributed by atoms with Gasteiger partial charge >= 0.3 is 0 Å². The lowest BCUT2D eigenvalue weighted by atomic mass is 10.0. The van der Waals surface area contributed by atoms with Gasteiger partial charge in [-0.25, -0.2) is 4.39 Å². The zero-order valence-electron chi connectivity index (χ0n) is 13.5. The lowest BCUT2D eigenvalue weighted by Gasteiger charge is -2.31. The van der Waals surface area contributed by atoms with Crippen LogP contribution in [0.15, 0.2) is 12.1 Å². The van der Waals surface area contributed by atoms with Gasteiger partial charge in [-0.2, -0.15) is 11.8 Å². The van der Waals surface area contributed by atoms with Gasteiger partial charge in [0, 0.05) is 17.8 Å². The third-order valence-electron chi connectivity index (χ3n) is 3.38. The maximum Gasteiger partial charge on any atom is 0.153 e. The van der Waals surface area contributed by atoms with E-state index in [1.165, 1.54) is 13.1 Å². The molecule has 1 aromatic carbocycles. The Balaban J connectivity index is 0.00000211. The smallest absolute Gasteiger partial charge is 0.153 e. The highest BCUT2D eigenvalue weighted by Crippen LogP contribution is 2.26.